The topological polar surface area (TPSA) is 26.3 Å². The summed E-state index contributed by atoms with van der Waals surface area (Å²) in [6, 6.07) is 0. The van der Waals surface area contributed by atoms with Crippen molar-refractivity contribution in [2.45, 2.75) is 45.0 Å². The van der Waals surface area contributed by atoms with Gasteiger partial charge in [-0.1, -0.05) is 13.8 Å². The maximum Gasteiger partial charge on any atom is 0.307 e. The lowest BCUT2D eigenvalue weighted by molar-refractivity contribution is -0.148. The van der Waals surface area contributed by atoms with Gasteiger partial charge in [0.05, 0.1) is 12.5 Å². The normalized spacial score (nSPS) is 15.6. The van der Waals surface area contributed by atoms with Gasteiger partial charge in [-0.2, -0.15) is 12.6 Å². The standard InChI is InChI=1S/C8H16O2S/c1-4-6(2)10-8(9)5-7(3)11/h6-7,11H,4-5H2,1-3H3. The van der Waals surface area contributed by atoms with Gasteiger partial charge in [0.2, 0.25) is 0 Å². The van der Waals surface area contributed by atoms with Crippen molar-refractivity contribution in [1.29, 1.82) is 0 Å². The molecule has 11 heavy (non-hydrogen) atoms. The lowest BCUT2D eigenvalue weighted by atomic mass is 10.3. The highest BCUT2D eigenvalue weighted by molar-refractivity contribution is 7.80. The van der Waals surface area contributed by atoms with Crippen LogP contribution in [0.15, 0.2) is 0 Å². The van der Waals surface area contributed by atoms with Crippen LogP contribution in [0.5, 0.6) is 0 Å². The Kier molecular flexibility index (Phi) is 5.38. The number of ether oxygens (including phenoxy) is 1. The second-order valence-corrected chi connectivity index (χ2v) is 3.64. The van der Waals surface area contributed by atoms with Crippen molar-refractivity contribution >= 4 is 18.6 Å². The Balaban J connectivity index is 3.52. The molecule has 0 aliphatic carbocycles. The molecular weight excluding hydrogens is 160 g/mol. The number of thiol groups is 1. The molecule has 0 aromatic heterocycles. The van der Waals surface area contributed by atoms with E-state index in [-0.39, 0.29) is 17.3 Å². The molecule has 0 saturated heterocycles. The Hall–Kier alpha value is -0.180. The van der Waals surface area contributed by atoms with E-state index in [0.717, 1.165) is 6.42 Å². The lowest BCUT2D eigenvalue weighted by Crippen LogP contribution is -2.16. The first-order valence-electron chi connectivity index (χ1n) is 3.93. The van der Waals surface area contributed by atoms with Gasteiger partial charge in [0.15, 0.2) is 0 Å². The second-order valence-electron chi connectivity index (χ2n) is 2.76. The van der Waals surface area contributed by atoms with E-state index in [9.17, 15) is 4.79 Å². The zero-order valence-corrected chi connectivity index (χ0v) is 8.23. The van der Waals surface area contributed by atoms with Gasteiger partial charge in [-0.25, -0.2) is 0 Å². The highest BCUT2D eigenvalue weighted by Crippen LogP contribution is 2.04. The minimum absolute atomic E-state index is 0.0367. The number of carbonyl (C=O) groups is 1. The van der Waals surface area contributed by atoms with E-state index >= 15 is 0 Å². The van der Waals surface area contributed by atoms with Gasteiger partial charge in [-0.3, -0.25) is 4.79 Å². The van der Waals surface area contributed by atoms with Gasteiger partial charge in [0.1, 0.15) is 0 Å². The Morgan fingerprint density at radius 2 is 2.09 bits per heavy atom. The molecule has 2 nitrogen and oxygen atoms in total. The van der Waals surface area contributed by atoms with Gasteiger partial charge in [-0.05, 0) is 13.3 Å². The first-order chi connectivity index (χ1) is 5.06. The molecule has 0 saturated carbocycles. The summed E-state index contributed by atoms with van der Waals surface area (Å²) in [7, 11) is 0. The first kappa shape index (κ1) is 10.8. The van der Waals surface area contributed by atoms with Crippen LogP contribution in [0.1, 0.15) is 33.6 Å². The van der Waals surface area contributed by atoms with Crippen LogP contribution >= 0.6 is 12.6 Å². The van der Waals surface area contributed by atoms with Crippen LogP contribution in [0.4, 0.5) is 0 Å². The molecule has 3 heteroatoms. The van der Waals surface area contributed by atoms with E-state index in [1.807, 2.05) is 20.8 Å². The molecule has 0 spiro atoms. The molecule has 66 valence electrons. The summed E-state index contributed by atoms with van der Waals surface area (Å²) >= 11 is 4.09. The van der Waals surface area contributed by atoms with E-state index in [2.05, 4.69) is 12.6 Å². The largest absolute Gasteiger partial charge is 0.463 e. The zero-order valence-electron chi connectivity index (χ0n) is 7.33. The lowest BCUT2D eigenvalue weighted by Gasteiger charge is -2.11. The van der Waals surface area contributed by atoms with Crippen molar-refractivity contribution in [1.82, 2.24) is 0 Å². The minimum atomic E-state index is -0.151. The van der Waals surface area contributed by atoms with Gasteiger partial charge in [0.25, 0.3) is 0 Å². The molecule has 0 N–H and O–H groups in total. The molecule has 0 fully saturated rings. The number of hydrogen-bond acceptors (Lipinski definition) is 3. The molecule has 0 aromatic carbocycles. The predicted molar refractivity (Wildman–Crippen MR) is 48.9 cm³/mol. The summed E-state index contributed by atoms with van der Waals surface area (Å²) in [5, 5.41) is 0.0894. The summed E-state index contributed by atoms with van der Waals surface area (Å²) in [6.07, 6.45) is 1.30. The average Bonchev–Trinajstić information content (AvgIpc) is 1.85. The predicted octanol–water partition coefficient (Wildman–Crippen LogP) is 2.04. The summed E-state index contributed by atoms with van der Waals surface area (Å²) in [5.41, 5.74) is 0. The van der Waals surface area contributed by atoms with E-state index in [0.29, 0.717) is 6.42 Å². The summed E-state index contributed by atoms with van der Waals surface area (Å²) in [4.78, 5) is 11.0. The third-order valence-corrected chi connectivity index (χ3v) is 1.55. The Morgan fingerprint density at radius 3 is 2.45 bits per heavy atom. The van der Waals surface area contributed by atoms with Crippen molar-refractivity contribution in [2.75, 3.05) is 0 Å². The van der Waals surface area contributed by atoms with Crippen molar-refractivity contribution in [3.63, 3.8) is 0 Å². The minimum Gasteiger partial charge on any atom is -0.463 e. The smallest absolute Gasteiger partial charge is 0.307 e. The van der Waals surface area contributed by atoms with Crippen molar-refractivity contribution in [3.8, 4) is 0 Å². The second kappa shape index (κ2) is 5.47. The highest BCUT2D eigenvalue weighted by atomic mass is 32.1. The number of carbonyl (C=O) groups excluding carboxylic acids is 1. The molecular formula is C8H16O2S. The fourth-order valence-electron chi connectivity index (χ4n) is 0.597. The highest BCUT2D eigenvalue weighted by Gasteiger charge is 2.09. The molecule has 2 atom stereocenters. The van der Waals surface area contributed by atoms with Crippen molar-refractivity contribution in [3.05, 3.63) is 0 Å². The zero-order chi connectivity index (χ0) is 8.85. The SMILES string of the molecule is CCC(C)OC(=O)CC(C)S. The third-order valence-electron chi connectivity index (χ3n) is 1.37. The summed E-state index contributed by atoms with van der Waals surface area (Å²) in [6.45, 7) is 5.75. The monoisotopic (exact) mass is 176 g/mol. The van der Waals surface area contributed by atoms with E-state index in [1.54, 1.807) is 0 Å². The van der Waals surface area contributed by atoms with E-state index < -0.39 is 0 Å². The Labute approximate surface area is 73.7 Å². The molecule has 2 unspecified atom stereocenters. The van der Waals surface area contributed by atoms with Crippen molar-refractivity contribution < 1.29 is 9.53 Å². The van der Waals surface area contributed by atoms with Crippen LogP contribution < -0.4 is 0 Å². The summed E-state index contributed by atoms with van der Waals surface area (Å²) in [5.74, 6) is -0.151. The quantitative estimate of drug-likeness (QED) is 0.524. The maximum absolute atomic E-state index is 11.0. The molecule has 0 heterocycles. The number of esters is 1. The average molecular weight is 176 g/mol. The Morgan fingerprint density at radius 1 is 1.55 bits per heavy atom. The van der Waals surface area contributed by atoms with Crippen LogP contribution in [0.2, 0.25) is 0 Å². The van der Waals surface area contributed by atoms with Gasteiger partial charge < -0.3 is 4.74 Å². The van der Waals surface area contributed by atoms with Gasteiger partial charge in [-0.15, -0.1) is 0 Å². The van der Waals surface area contributed by atoms with Crippen LogP contribution in [-0.4, -0.2) is 17.3 Å². The van der Waals surface area contributed by atoms with Crippen LogP contribution in [0, 0.1) is 0 Å². The number of rotatable bonds is 4. The molecule has 0 rings (SSSR count). The molecule has 0 aromatic rings. The van der Waals surface area contributed by atoms with E-state index in [4.69, 9.17) is 4.74 Å². The van der Waals surface area contributed by atoms with Crippen molar-refractivity contribution in [2.24, 2.45) is 0 Å². The third kappa shape index (κ3) is 6.23. The van der Waals surface area contributed by atoms with Crippen LogP contribution in [0.25, 0.3) is 0 Å². The number of hydrogen-bond donors (Lipinski definition) is 1. The van der Waals surface area contributed by atoms with Gasteiger partial charge in [0, 0.05) is 5.25 Å². The molecule has 0 radical (unpaired) electrons. The Bertz CT molecular complexity index is 123. The molecule has 0 amide bonds. The first-order valence-corrected chi connectivity index (χ1v) is 4.45. The molecule has 0 aliphatic rings. The molecule has 0 aliphatic heterocycles. The summed E-state index contributed by atoms with van der Waals surface area (Å²) < 4.78 is 5.02. The van der Waals surface area contributed by atoms with E-state index in [1.165, 1.54) is 0 Å². The fraction of sp³-hybridized carbons (Fsp3) is 0.875. The van der Waals surface area contributed by atoms with Crippen LogP contribution in [0.3, 0.4) is 0 Å². The van der Waals surface area contributed by atoms with Crippen LogP contribution in [-0.2, 0) is 9.53 Å². The van der Waals surface area contributed by atoms with Gasteiger partial charge >= 0.3 is 5.97 Å². The fourth-order valence-corrected chi connectivity index (χ4v) is 0.746. The maximum atomic E-state index is 11.0. The molecule has 0 bridgehead atoms.